The third-order valence-electron chi connectivity index (χ3n) is 3.14. The third kappa shape index (κ3) is 3.57. The van der Waals surface area contributed by atoms with Gasteiger partial charge in [-0.25, -0.2) is 0 Å². The Morgan fingerprint density at radius 1 is 1.44 bits per heavy atom. The van der Waals surface area contributed by atoms with Gasteiger partial charge in [-0.05, 0) is 19.9 Å². The molecule has 1 aromatic heterocycles. The van der Waals surface area contributed by atoms with Gasteiger partial charge in [-0.15, -0.1) is 5.10 Å². The molecule has 1 unspecified atom stereocenters. The molecule has 5 nitrogen and oxygen atoms in total. The van der Waals surface area contributed by atoms with Crippen LogP contribution >= 0.6 is 0 Å². The largest absolute Gasteiger partial charge is 0.325 e. The normalized spacial score (nSPS) is 13.7. The molecule has 2 N–H and O–H groups in total. The van der Waals surface area contributed by atoms with E-state index in [1.807, 2.05) is 10.9 Å². The minimum absolute atomic E-state index is 0.457. The molecule has 1 heterocycles. The zero-order chi connectivity index (χ0) is 12.1. The standard InChI is InChI=1S/C11H23N5/c1-9(2)10(3)15(4)5-6-16-8-11(7-12)13-14-16/h8-10H,5-7,12H2,1-4H3. The van der Waals surface area contributed by atoms with E-state index in [1.54, 1.807) is 0 Å². The van der Waals surface area contributed by atoms with Crippen LogP contribution in [-0.2, 0) is 13.1 Å². The van der Waals surface area contributed by atoms with Gasteiger partial charge >= 0.3 is 0 Å². The molecule has 0 amide bonds. The van der Waals surface area contributed by atoms with Crippen molar-refractivity contribution in [2.24, 2.45) is 11.7 Å². The number of nitrogens with two attached hydrogens (primary N) is 1. The Morgan fingerprint density at radius 3 is 2.62 bits per heavy atom. The first kappa shape index (κ1) is 13.1. The van der Waals surface area contributed by atoms with Gasteiger partial charge < -0.3 is 10.6 Å². The molecule has 0 saturated carbocycles. The van der Waals surface area contributed by atoms with E-state index in [4.69, 9.17) is 5.73 Å². The lowest BCUT2D eigenvalue weighted by molar-refractivity contribution is 0.198. The Morgan fingerprint density at radius 2 is 2.12 bits per heavy atom. The summed E-state index contributed by atoms with van der Waals surface area (Å²) < 4.78 is 1.85. The minimum atomic E-state index is 0.457. The Labute approximate surface area is 97.6 Å². The molecule has 0 saturated heterocycles. The van der Waals surface area contributed by atoms with Crippen LogP contribution in [0.15, 0.2) is 6.20 Å². The molecule has 1 atom stereocenters. The maximum Gasteiger partial charge on any atom is 0.0962 e. The van der Waals surface area contributed by atoms with E-state index < -0.39 is 0 Å². The van der Waals surface area contributed by atoms with E-state index in [0.717, 1.165) is 18.8 Å². The Bertz CT molecular complexity index is 307. The van der Waals surface area contributed by atoms with Crippen LogP contribution in [-0.4, -0.2) is 39.5 Å². The van der Waals surface area contributed by atoms with E-state index in [-0.39, 0.29) is 0 Å². The van der Waals surface area contributed by atoms with Crippen LogP contribution in [0.25, 0.3) is 0 Å². The van der Waals surface area contributed by atoms with Gasteiger partial charge in [0, 0.05) is 25.3 Å². The molecule has 92 valence electrons. The molecule has 16 heavy (non-hydrogen) atoms. The topological polar surface area (TPSA) is 60.0 Å². The van der Waals surface area contributed by atoms with E-state index in [0.29, 0.717) is 18.5 Å². The van der Waals surface area contributed by atoms with Crippen LogP contribution in [0.5, 0.6) is 0 Å². The van der Waals surface area contributed by atoms with Crippen molar-refractivity contribution in [1.82, 2.24) is 19.9 Å². The SMILES string of the molecule is CC(C)C(C)N(C)CCn1cc(CN)nn1. The molecule has 1 aromatic rings. The van der Waals surface area contributed by atoms with Gasteiger partial charge in [0.15, 0.2) is 0 Å². The average Bonchev–Trinajstić information content (AvgIpc) is 2.72. The van der Waals surface area contributed by atoms with Gasteiger partial charge in [-0.2, -0.15) is 0 Å². The summed E-state index contributed by atoms with van der Waals surface area (Å²) in [6.07, 6.45) is 1.91. The number of rotatable bonds is 6. The van der Waals surface area contributed by atoms with E-state index in [9.17, 15) is 0 Å². The first-order chi connectivity index (χ1) is 7.54. The highest BCUT2D eigenvalue weighted by Gasteiger charge is 2.12. The first-order valence-electron chi connectivity index (χ1n) is 5.84. The summed E-state index contributed by atoms with van der Waals surface area (Å²) in [7, 11) is 2.14. The third-order valence-corrected chi connectivity index (χ3v) is 3.14. The van der Waals surface area contributed by atoms with Crippen molar-refractivity contribution in [3.63, 3.8) is 0 Å². The lowest BCUT2D eigenvalue weighted by Crippen LogP contribution is -2.35. The first-order valence-corrected chi connectivity index (χ1v) is 5.84. The highest BCUT2D eigenvalue weighted by atomic mass is 15.4. The van der Waals surface area contributed by atoms with Crippen LogP contribution < -0.4 is 5.73 Å². The van der Waals surface area contributed by atoms with Gasteiger partial charge in [0.25, 0.3) is 0 Å². The lowest BCUT2D eigenvalue weighted by Gasteiger charge is -2.27. The molecular weight excluding hydrogens is 202 g/mol. The van der Waals surface area contributed by atoms with Crippen LogP contribution in [0.1, 0.15) is 26.5 Å². The quantitative estimate of drug-likeness (QED) is 0.774. The van der Waals surface area contributed by atoms with Crippen molar-refractivity contribution < 1.29 is 0 Å². The van der Waals surface area contributed by atoms with Crippen LogP contribution in [0.4, 0.5) is 0 Å². The summed E-state index contributed by atoms with van der Waals surface area (Å²) in [6, 6.07) is 0.581. The summed E-state index contributed by atoms with van der Waals surface area (Å²) in [4.78, 5) is 2.34. The summed E-state index contributed by atoms with van der Waals surface area (Å²) in [5.41, 5.74) is 6.33. The van der Waals surface area contributed by atoms with E-state index >= 15 is 0 Å². The zero-order valence-corrected chi connectivity index (χ0v) is 10.7. The fourth-order valence-corrected chi connectivity index (χ4v) is 1.51. The number of likely N-dealkylation sites (N-methyl/N-ethyl adjacent to an activating group) is 1. The molecule has 0 aliphatic carbocycles. The molecule has 0 aliphatic heterocycles. The van der Waals surface area contributed by atoms with Gasteiger partial charge in [0.05, 0.1) is 12.2 Å². The number of nitrogens with zero attached hydrogens (tertiary/aromatic N) is 4. The predicted molar refractivity (Wildman–Crippen MR) is 64.8 cm³/mol. The van der Waals surface area contributed by atoms with Crippen LogP contribution in [0, 0.1) is 5.92 Å². The summed E-state index contributed by atoms with van der Waals surface area (Å²) in [5.74, 6) is 0.667. The van der Waals surface area contributed by atoms with E-state index in [1.165, 1.54) is 0 Å². The average molecular weight is 225 g/mol. The van der Waals surface area contributed by atoms with Crippen molar-refractivity contribution in [3.05, 3.63) is 11.9 Å². The van der Waals surface area contributed by atoms with Crippen molar-refractivity contribution in [1.29, 1.82) is 0 Å². The molecule has 0 radical (unpaired) electrons. The highest BCUT2D eigenvalue weighted by Crippen LogP contribution is 2.07. The molecular formula is C11H23N5. The molecule has 0 aliphatic rings. The fraction of sp³-hybridized carbons (Fsp3) is 0.818. The minimum Gasteiger partial charge on any atom is -0.325 e. The van der Waals surface area contributed by atoms with Crippen LogP contribution in [0.2, 0.25) is 0 Å². The fourth-order valence-electron chi connectivity index (χ4n) is 1.51. The van der Waals surface area contributed by atoms with Crippen molar-refractivity contribution in [3.8, 4) is 0 Å². The second-order valence-corrected chi connectivity index (χ2v) is 4.64. The molecule has 1 rings (SSSR count). The predicted octanol–water partition coefficient (Wildman–Crippen LogP) is 0.713. The molecule has 5 heteroatoms. The number of hydrogen-bond acceptors (Lipinski definition) is 4. The Kier molecular flexibility index (Phi) is 4.89. The maximum atomic E-state index is 5.48. The van der Waals surface area contributed by atoms with Crippen molar-refractivity contribution in [2.45, 2.75) is 39.9 Å². The molecule has 0 fully saturated rings. The smallest absolute Gasteiger partial charge is 0.0962 e. The van der Waals surface area contributed by atoms with Gasteiger partial charge in [0.1, 0.15) is 0 Å². The Balaban J connectivity index is 2.39. The van der Waals surface area contributed by atoms with E-state index in [2.05, 4.69) is 43.0 Å². The van der Waals surface area contributed by atoms with Gasteiger partial charge in [-0.1, -0.05) is 19.1 Å². The number of hydrogen-bond donors (Lipinski definition) is 1. The van der Waals surface area contributed by atoms with Crippen LogP contribution in [0.3, 0.4) is 0 Å². The summed E-state index contributed by atoms with van der Waals surface area (Å²) in [6.45, 7) is 9.02. The monoisotopic (exact) mass is 225 g/mol. The highest BCUT2D eigenvalue weighted by molar-refractivity contribution is 4.90. The second kappa shape index (κ2) is 5.96. The van der Waals surface area contributed by atoms with Crippen molar-refractivity contribution in [2.75, 3.05) is 13.6 Å². The maximum absolute atomic E-state index is 5.48. The number of aromatic nitrogens is 3. The Hall–Kier alpha value is -0.940. The molecule has 0 aromatic carbocycles. The van der Waals surface area contributed by atoms with Gasteiger partial charge in [-0.3, -0.25) is 4.68 Å². The van der Waals surface area contributed by atoms with Gasteiger partial charge in [0.2, 0.25) is 0 Å². The lowest BCUT2D eigenvalue weighted by atomic mass is 10.1. The summed E-state index contributed by atoms with van der Waals surface area (Å²) >= 11 is 0. The molecule has 0 bridgehead atoms. The second-order valence-electron chi connectivity index (χ2n) is 4.64. The zero-order valence-electron chi connectivity index (χ0n) is 10.7. The van der Waals surface area contributed by atoms with Crippen molar-refractivity contribution >= 4 is 0 Å². The summed E-state index contributed by atoms with van der Waals surface area (Å²) in [5, 5.41) is 7.99. The molecule has 0 spiro atoms.